The molecule has 0 aromatic carbocycles. The fraction of sp³-hybridized carbons (Fsp3) is 0.667. The number of amides is 1. The molecule has 0 aliphatic carbocycles. The molecule has 1 N–H and O–H groups in total. The summed E-state index contributed by atoms with van der Waals surface area (Å²) in [5, 5.41) is 3.09. The molecule has 0 atom stereocenters. The van der Waals surface area contributed by atoms with E-state index >= 15 is 0 Å². The molecule has 1 amide bonds. The van der Waals surface area contributed by atoms with Crippen LogP contribution in [-0.2, 0) is 4.79 Å². The number of aryl methyl sites for hydroxylation is 2. The number of hydrogen-bond acceptors (Lipinski definition) is 4. The van der Waals surface area contributed by atoms with E-state index in [1.807, 2.05) is 19.9 Å². The van der Waals surface area contributed by atoms with Crippen LogP contribution >= 0.6 is 11.3 Å². The van der Waals surface area contributed by atoms with Crippen molar-refractivity contribution in [2.75, 3.05) is 13.1 Å². The van der Waals surface area contributed by atoms with Gasteiger partial charge in [0, 0.05) is 53.3 Å². The van der Waals surface area contributed by atoms with E-state index in [0.717, 1.165) is 41.2 Å². The van der Waals surface area contributed by atoms with Crippen LogP contribution in [0.4, 0.5) is 0 Å². The van der Waals surface area contributed by atoms with Gasteiger partial charge in [-0.1, -0.05) is 0 Å². The zero-order valence-electron chi connectivity index (χ0n) is 14.6. The van der Waals surface area contributed by atoms with E-state index in [1.54, 1.807) is 11.3 Å². The van der Waals surface area contributed by atoms with Crippen molar-refractivity contribution in [1.82, 2.24) is 10.2 Å². The van der Waals surface area contributed by atoms with Crippen LogP contribution in [0.2, 0.25) is 0 Å². The van der Waals surface area contributed by atoms with Crippen LogP contribution in [0, 0.1) is 13.8 Å². The summed E-state index contributed by atoms with van der Waals surface area (Å²) in [7, 11) is 0. The molecule has 0 bridgehead atoms. The molecule has 2 heterocycles. The number of carbonyl (C=O) groups excluding carboxylic acids is 2. The predicted molar refractivity (Wildman–Crippen MR) is 95.2 cm³/mol. The number of rotatable bonds is 6. The first-order valence-corrected chi connectivity index (χ1v) is 9.32. The number of hydrogen-bond donors (Lipinski definition) is 1. The van der Waals surface area contributed by atoms with Crippen LogP contribution in [0.15, 0.2) is 6.07 Å². The highest BCUT2D eigenvalue weighted by Gasteiger charge is 2.22. The lowest BCUT2D eigenvalue weighted by atomic mass is 10.0. The lowest BCUT2D eigenvalue weighted by molar-refractivity contribution is -0.122. The molecule has 0 saturated carbocycles. The van der Waals surface area contributed by atoms with Gasteiger partial charge in [-0.15, -0.1) is 11.3 Å². The summed E-state index contributed by atoms with van der Waals surface area (Å²) in [6.07, 6.45) is 2.59. The SMILES string of the molecule is Cc1cc(C(=O)CCC(=O)NC2CCN(C(C)C)CC2)c(C)s1. The molecule has 5 heteroatoms. The minimum absolute atomic E-state index is 0.00551. The topological polar surface area (TPSA) is 49.4 Å². The van der Waals surface area contributed by atoms with Crippen molar-refractivity contribution < 1.29 is 9.59 Å². The summed E-state index contributed by atoms with van der Waals surface area (Å²) in [6, 6.07) is 2.77. The van der Waals surface area contributed by atoms with Gasteiger partial charge in [0.15, 0.2) is 5.78 Å². The number of nitrogens with one attached hydrogen (secondary N) is 1. The summed E-state index contributed by atoms with van der Waals surface area (Å²) in [5.74, 6) is 0.0857. The van der Waals surface area contributed by atoms with Gasteiger partial charge in [-0.3, -0.25) is 9.59 Å². The van der Waals surface area contributed by atoms with Gasteiger partial charge < -0.3 is 10.2 Å². The van der Waals surface area contributed by atoms with Gasteiger partial charge in [0.1, 0.15) is 0 Å². The van der Waals surface area contributed by atoms with Gasteiger partial charge in [0.2, 0.25) is 5.91 Å². The third-order valence-electron chi connectivity index (χ3n) is 4.55. The van der Waals surface area contributed by atoms with E-state index in [-0.39, 0.29) is 24.2 Å². The third-order valence-corrected chi connectivity index (χ3v) is 5.51. The van der Waals surface area contributed by atoms with Crippen molar-refractivity contribution in [2.45, 2.75) is 65.5 Å². The van der Waals surface area contributed by atoms with Gasteiger partial charge in [-0.05, 0) is 46.6 Å². The van der Waals surface area contributed by atoms with Gasteiger partial charge in [0.25, 0.3) is 0 Å². The molecule has 1 aromatic rings. The van der Waals surface area contributed by atoms with Crippen LogP contribution in [0.25, 0.3) is 0 Å². The highest BCUT2D eigenvalue weighted by atomic mass is 32.1. The Morgan fingerprint density at radius 3 is 2.43 bits per heavy atom. The number of thiophene rings is 1. The van der Waals surface area contributed by atoms with Crippen molar-refractivity contribution in [1.29, 1.82) is 0 Å². The maximum absolute atomic E-state index is 12.2. The van der Waals surface area contributed by atoms with E-state index in [9.17, 15) is 9.59 Å². The lowest BCUT2D eigenvalue weighted by Gasteiger charge is -2.34. The molecule has 1 fully saturated rings. The average Bonchev–Trinajstić information content (AvgIpc) is 2.84. The van der Waals surface area contributed by atoms with Gasteiger partial charge in [-0.2, -0.15) is 0 Å². The van der Waals surface area contributed by atoms with Crippen LogP contribution in [0.3, 0.4) is 0 Å². The molecule has 23 heavy (non-hydrogen) atoms. The van der Waals surface area contributed by atoms with E-state index in [2.05, 4.69) is 24.1 Å². The lowest BCUT2D eigenvalue weighted by Crippen LogP contribution is -2.46. The van der Waals surface area contributed by atoms with Crippen LogP contribution in [0.1, 0.15) is 59.6 Å². The smallest absolute Gasteiger partial charge is 0.220 e. The predicted octanol–water partition coefficient (Wildman–Crippen LogP) is 3.32. The second kappa shape index (κ2) is 8.06. The van der Waals surface area contributed by atoms with Crippen molar-refractivity contribution in [3.8, 4) is 0 Å². The van der Waals surface area contributed by atoms with Crippen LogP contribution < -0.4 is 5.32 Å². The Morgan fingerprint density at radius 1 is 1.26 bits per heavy atom. The molecule has 2 rings (SSSR count). The molecule has 0 spiro atoms. The molecular weight excluding hydrogens is 308 g/mol. The quantitative estimate of drug-likeness (QED) is 0.811. The monoisotopic (exact) mass is 336 g/mol. The second-order valence-electron chi connectivity index (χ2n) is 6.72. The summed E-state index contributed by atoms with van der Waals surface area (Å²) >= 11 is 1.64. The van der Waals surface area contributed by atoms with Crippen LogP contribution in [0.5, 0.6) is 0 Å². The summed E-state index contributed by atoms with van der Waals surface area (Å²) in [6.45, 7) is 10.5. The van der Waals surface area contributed by atoms with E-state index in [0.29, 0.717) is 12.5 Å². The number of nitrogens with zero attached hydrogens (tertiary/aromatic N) is 1. The molecule has 4 nitrogen and oxygen atoms in total. The molecule has 1 aliphatic heterocycles. The van der Waals surface area contributed by atoms with Crippen molar-refractivity contribution in [3.63, 3.8) is 0 Å². The van der Waals surface area contributed by atoms with Crippen molar-refractivity contribution in [3.05, 3.63) is 21.4 Å². The number of ketones is 1. The van der Waals surface area contributed by atoms with Crippen LogP contribution in [-0.4, -0.2) is 41.8 Å². The Bertz CT molecular complexity index is 557. The number of piperidine rings is 1. The maximum Gasteiger partial charge on any atom is 0.220 e. The average molecular weight is 337 g/mol. The largest absolute Gasteiger partial charge is 0.353 e. The number of likely N-dealkylation sites (tertiary alicyclic amines) is 1. The minimum Gasteiger partial charge on any atom is -0.353 e. The normalized spacial score (nSPS) is 16.7. The fourth-order valence-corrected chi connectivity index (χ4v) is 4.07. The zero-order chi connectivity index (χ0) is 17.0. The van der Waals surface area contributed by atoms with Crippen molar-refractivity contribution >= 4 is 23.0 Å². The second-order valence-corrected chi connectivity index (χ2v) is 8.18. The Morgan fingerprint density at radius 2 is 1.91 bits per heavy atom. The molecule has 1 aliphatic rings. The molecule has 1 aromatic heterocycles. The molecular formula is C18H28N2O2S. The van der Waals surface area contributed by atoms with Gasteiger partial charge in [0.05, 0.1) is 0 Å². The third kappa shape index (κ3) is 5.15. The Kier molecular flexibility index (Phi) is 6.36. The fourth-order valence-electron chi connectivity index (χ4n) is 3.13. The highest BCUT2D eigenvalue weighted by Crippen LogP contribution is 2.22. The molecule has 128 valence electrons. The number of carbonyl (C=O) groups is 2. The Labute approximate surface area is 143 Å². The van der Waals surface area contributed by atoms with E-state index in [4.69, 9.17) is 0 Å². The maximum atomic E-state index is 12.2. The van der Waals surface area contributed by atoms with Gasteiger partial charge >= 0.3 is 0 Å². The first-order chi connectivity index (χ1) is 10.9. The van der Waals surface area contributed by atoms with Crippen molar-refractivity contribution in [2.24, 2.45) is 0 Å². The van der Waals surface area contributed by atoms with E-state index in [1.165, 1.54) is 0 Å². The highest BCUT2D eigenvalue weighted by molar-refractivity contribution is 7.12. The Hall–Kier alpha value is -1.20. The first kappa shape index (κ1) is 18.1. The zero-order valence-corrected chi connectivity index (χ0v) is 15.5. The molecule has 1 saturated heterocycles. The standard InChI is InChI=1S/C18H28N2O2S/c1-12(2)20-9-7-15(8-10-20)19-18(22)6-5-17(21)16-11-13(3)23-14(16)4/h11-12,15H,5-10H2,1-4H3,(H,19,22). The first-order valence-electron chi connectivity index (χ1n) is 8.50. The van der Waals surface area contributed by atoms with Gasteiger partial charge in [-0.25, -0.2) is 0 Å². The molecule has 0 unspecified atom stereocenters. The minimum atomic E-state index is 0.00551. The summed E-state index contributed by atoms with van der Waals surface area (Å²) in [5.41, 5.74) is 0.783. The summed E-state index contributed by atoms with van der Waals surface area (Å²) in [4.78, 5) is 28.9. The summed E-state index contributed by atoms with van der Waals surface area (Å²) < 4.78 is 0. The molecule has 0 radical (unpaired) electrons. The van der Waals surface area contributed by atoms with E-state index < -0.39 is 0 Å². The Balaban J connectivity index is 1.73. The number of Topliss-reactive ketones (excluding diaryl/α,β-unsaturated/α-hetero) is 1.